The molecule has 1 aromatic heterocycles. The highest BCUT2D eigenvalue weighted by molar-refractivity contribution is 5.89. The van der Waals surface area contributed by atoms with E-state index in [0.29, 0.717) is 28.5 Å². The molecule has 0 radical (unpaired) electrons. The Hall–Kier alpha value is -3.28. The maximum atomic E-state index is 12.0. The Balaban J connectivity index is 1.43. The first-order chi connectivity index (χ1) is 12.2. The lowest BCUT2D eigenvalue weighted by Gasteiger charge is -2.02. The van der Waals surface area contributed by atoms with E-state index in [9.17, 15) is 4.79 Å². The van der Waals surface area contributed by atoms with E-state index in [4.69, 9.17) is 18.7 Å². The number of benzene rings is 2. The smallest absolute Gasteiger partial charge is 0.338 e. The molecule has 6 nitrogen and oxygen atoms in total. The predicted molar refractivity (Wildman–Crippen MR) is 88.4 cm³/mol. The van der Waals surface area contributed by atoms with E-state index in [1.807, 2.05) is 37.3 Å². The topological polar surface area (TPSA) is 70.8 Å². The zero-order valence-corrected chi connectivity index (χ0v) is 13.5. The summed E-state index contributed by atoms with van der Waals surface area (Å²) in [5.41, 5.74) is 2.94. The number of hydrogen-bond donors (Lipinski definition) is 0. The van der Waals surface area contributed by atoms with E-state index < -0.39 is 5.97 Å². The highest BCUT2D eigenvalue weighted by atomic mass is 16.7. The van der Waals surface area contributed by atoms with Crippen molar-refractivity contribution in [3.05, 3.63) is 65.4 Å². The molecule has 2 heterocycles. The minimum atomic E-state index is -0.396. The van der Waals surface area contributed by atoms with Gasteiger partial charge in [-0.2, -0.15) is 0 Å². The molecule has 2 aromatic carbocycles. The van der Waals surface area contributed by atoms with E-state index in [1.54, 1.807) is 18.2 Å². The second kappa shape index (κ2) is 6.32. The molecule has 1 aliphatic heterocycles. The Morgan fingerprint density at radius 2 is 1.88 bits per heavy atom. The summed E-state index contributed by atoms with van der Waals surface area (Å²) in [6.45, 7) is 2.22. The molecule has 6 heteroatoms. The molecule has 0 N–H and O–H groups in total. The Morgan fingerprint density at radius 3 is 2.72 bits per heavy atom. The normalized spacial score (nSPS) is 12.2. The van der Waals surface area contributed by atoms with Gasteiger partial charge in [-0.25, -0.2) is 4.79 Å². The minimum Gasteiger partial charge on any atom is -0.455 e. The number of fused-ring (bicyclic) bond motifs is 1. The van der Waals surface area contributed by atoms with E-state index >= 15 is 0 Å². The largest absolute Gasteiger partial charge is 0.455 e. The predicted octanol–water partition coefficient (Wildman–Crippen LogP) is 3.74. The summed E-state index contributed by atoms with van der Waals surface area (Å²) in [6, 6.07) is 14.4. The molecule has 25 heavy (non-hydrogen) atoms. The third kappa shape index (κ3) is 3.19. The SMILES string of the molecule is Cc1ccc(C(=O)OCc2cc(-c3ccc4c(c3)OCO4)on2)cc1. The second-order valence-electron chi connectivity index (χ2n) is 5.69. The van der Waals surface area contributed by atoms with Gasteiger partial charge in [0, 0.05) is 11.6 Å². The lowest BCUT2D eigenvalue weighted by atomic mass is 10.1. The van der Waals surface area contributed by atoms with Gasteiger partial charge in [-0.05, 0) is 37.3 Å². The summed E-state index contributed by atoms with van der Waals surface area (Å²) < 4.78 is 21.2. The van der Waals surface area contributed by atoms with Crippen LogP contribution in [0.3, 0.4) is 0 Å². The fraction of sp³-hybridized carbons (Fsp3) is 0.158. The summed E-state index contributed by atoms with van der Waals surface area (Å²) in [5.74, 6) is 1.55. The number of rotatable bonds is 4. The van der Waals surface area contributed by atoms with Crippen LogP contribution in [-0.2, 0) is 11.3 Å². The third-order valence-corrected chi connectivity index (χ3v) is 3.85. The zero-order chi connectivity index (χ0) is 17.2. The number of aryl methyl sites for hydroxylation is 1. The number of carbonyl (C=O) groups excluding carboxylic acids is 1. The van der Waals surface area contributed by atoms with Crippen LogP contribution in [0.2, 0.25) is 0 Å². The molecule has 0 saturated heterocycles. The number of nitrogens with zero attached hydrogens (tertiary/aromatic N) is 1. The second-order valence-corrected chi connectivity index (χ2v) is 5.69. The molecule has 4 rings (SSSR count). The van der Waals surface area contributed by atoms with Crippen LogP contribution in [0, 0.1) is 6.92 Å². The van der Waals surface area contributed by atoms with Gasteiger partial charge in [0.2, 0.25) is 6.79 Å². The monoisotopic (exact) mass is 337 g/mol. The first kappa shape index (κ1) is 15.3. The van der Waals surface area contributed by atoms with Crippen LogP contribution in [0.1, 0.15) is 21.6 Å². The molecule has 0 fully saturated rings. The van der Waals surface area contributed by atoms with Crippen LogP contribution in [0.15, 0.2) is 53.1 Å². The lowest BCUT2D eigenvalue weighted by Crippen LogP contribution is -2.05. The summed E-state index contributed by atoms with van der Waals surface area (Å²) >= 11 is 0. The van der Waals surface area contributed by atoms with Crippen LogP contribution < -0.4 is 9.47 Å². The standard InChI is InChI=1S/C19H15NO5/c1-12-2-4-13(5-3-12)19(21)22-10-15-9-17(25-20-15)14-6-7-16-18(8-14)24-11-23-16/h2-9H,10-11H2,1H3. The van der Waals surface area contributed by atoms with Gasteiger partial charge >= 0.3 is 5.97 Å². The lowest BCUT2D eigenvalue weighted by molar-refractivity contribution is 0.0464. The van der Waals surface area contributed by atoms with Crippen molar-refractivity contribution >= 4 is 5.97 Å². The summed E-state index contributed by atoms with van der Waals surface area (Å²) in [4.78, 5) is 12.0. The molecule has 126 valence electrons. The molecule has 1 aliphatic rings. The quantitative estimate of drug-likeness (QED) is 0.676. The van der Waals surface area contributed by atoms with Crippen LogP contribution in [-0.4, -0.2) is 17.9 Å². The zero-order valence-electron chi connectivity index (χ0n) is 13.5. The van der Waals surface area contributed by atoms with E-state index in [-0.39, 0.29) is 13.4 Å². The van der Waals surface area contributed by atoms with Crippen molar-refractivity contribution < 1.29 is 23.5 Å². The highest BCUT2D eigenvalue weighted by Gasteiger charge is 2.16. The van der Waals surface area contributed by atoms with E-state index in [1.165, 1.54) is 0 Å². The molecule has 0 aliphatic carbocycles. The third-order valence-electron chi connectivity index (χ3n) is 3.85. The fourth-order valence-corrected chi connectivity index (χ4v) is 2.48. The van der Waals surface area contributed by atoms with Crippen molar-refractivity contribution in [2.45, 2.75) is 13.5 Å². The Morgan fingerprint density at radius 1 is 1.08 bits per heavy atom. The summed E-state index contributed by atoms with van der Waals surface area (Å²) in [7, 11) is 0. The first-order valence-corrected chi connectivity index (χ1v) is 7.78. The van der Waals surface area contributed by atoms with Crippen LogP contribution >= 0.6 is 0 Å². The Labute approximate surface area is 143 Å². The van der Waals surface area contributed by atoms with Gasteiger partial charge in [0.15, 0.2) is 17.3 Å². The van der Waals surface area contributed by atoms with Gasteiger partial charge in [0.25, 0.3) is 0 Å². The first-order valence-electron chi connectivity index (χ1n) is 7.78. The number of carbonyl (C=O) groups is 1. The molecule has 3 aromatic rings. The van der Waals surface area contributed by atoms with Gasteiger partial charge in [-0.1, -0.05) is 22.9 Å². The van der Waals surface area contributed by atoms with E-state index in [0.717, 1.165) is 11.1 Å². The van der Waals surface area contributed by atoms with Gasteiger partial charge < -0.3 is 18.7 Å². The molecular weight excluding hydrogens is 322 g/mol. The van der Waals surface area contributed by atoms with Crippen molar-refractivity contribution in [1.29, 1.82) is 0 Å². The van der Waals surface area contributed by atoms with Gasteiger partial charge in [-0.3, -0.25) is 0 Å². The maximum absolute atomic E-state index is 12.0. The van der Waals surface area contributed by atoms with Gasteiger partial charge in [0.1, 0.15) is 12.3 Å². The van der Waals surface area contributed by atoms with Crippen LogP contribution in [0.4, 0.5) is 0 Å². The molecular formula is C19H15NO5. The average Bonchev–Trinajstić information content (AvgIpc) is 3.28. The van der Waals surface area contributed by atoms with Crippen molar-refractivity contribution in [1.82, 2.24) is 5.16 Å². The maximum Gasteiger partial charge on any atom is 0.338 e. The van der Waals surface area contributed by atoms with Crippen molar-refractivity contribution in [2.75, 3.05) is 6.79 Å². The summed E-state index contributed by atoms with van der Waals surface area (Å²) in [5, 5.41) is 3.94. The average molecular weight is 337 g/mol. The van der Waals surface area contributed by atoms with Crippen molar-refractivity contribution in [3.63, 3.8) is 0 Å². The number of ether oxygens (including phenoxy) is 3. The molecule has 0 amide bonds. The number of aromatic nitrogens is 1. The summed E-state index contributed by atoms with van der Waals surface area (Å²) in [6.07, 6.45) is 0. The number of esters is 1. The van der Waals surface area contributed by atoms with Crippen molar-refractivity contribution in [3.8, 4) is 22.8 Å². The van der Waals surface area contributed by atoms with Crippen LogP contribution in [0.25, 0.3) is 11.3 Å². The van der Waals surface area contributed by atoms with Gasteiger partial charge in [-0.15, -0.1) is 0 Å². The van der Waals surface area contributed by atoms with Crippen LogP contribution in [0.5, 0.6) is 11.5 Å². The molecule has 0 spiro atoms. The highest BCUT2D eigenvalue weighted by Crippen LogP contribution is 2.36. The number of hydrogen-bond acceptors (Lipinski definition) is 6. The molecule has 0 atom stereocenters. The van der Waals surface area contributed by atoms with Crippen molar-refractivity contribution in [2.24, 2.45) is 0 Å². The fourth-order valence-electron chi connectivity index (χ4n) is 2.48. The van der Waals surface area contributed by atoms with Gasteiger partial charge in [0.05, 0.1) is 5.56 Å². The Bertz CT molecular complexity index is 914. The van der Waals surface area contributed by atoms with E-state index in [2.05, 4.69) is 5.16 Å². The minimum absolute atomic E-state index is 0.0424. The molecule has 0 unspecified atom stereocenters. The molecule has 0 saturated carbocycles. The Kier molecular flexibility index (Phi) is 3.85. The molecule has 0 bridgehead atoms.